The van der Waals surface area contributed by atoms with E-state index in [1.165, 1.54) is 11.3 Å². The SMILES string of the molecule is CCOc1ccc(NS(=O)(=O)c2cc(-c3onc(C)c3C)sc2C)cc1. The summed E-state index contributed by atoms with van der Waals surface area (Å²) >= 11 is 1.37. The van der Waals surface area contributed by atoms with Crippen molar-refractivity contribution in [3.05, 3.63) is 46.5 Å². The molecule has 0 aliphatic heterocycles. The fourth-order valence-corrected chi connectivity index (χ4v) is 5.17. The van der Waals surface area contributed by atoms with E-state index in [0.717, 1.165) is 16.1 Å². The molecule has 0 radical (unpaired) electrons. The minimum Gasteiger partial charge on any atom is -0.494 e. The maximum Gasteiger partial charge on any atom is 0.263 e. The van der Waals surface area contributed by atoms with Crippen LogP contribution in [0.25, 0.3) is 10.6 Å². The highest BCUT2D eigenvalue weighted by Crippen LogP contribution is 2.36. The third-order valence-corrected chi connectivity index (χ3v) is 6.65. The van der Waals surface area contributed by atoms with Gasteiger partial charge in [-0.05, 0) is 58.0 Å². The summed E-state index contributed by atoms with van der Waals surface area (Å²) in [4.78, 5) is 1.67. The molecule has 1 aromatic carbocycles. The maximum absolute atomic E-state index is 12.8. The van der Waals surface area contributed by atoms with Crippen molar-refractivity contribution in [3.8, 4) is 16.4 Å². The van der Waals surface area contributed by atoms with E-state index in [2.05, 4.69) is 9.88 Å². The Morgan fingerprint density at radius 1 is 1.19 bits per heavy atom. The molecular weight excluding hydrogens is 372 g/mol. The molecule has 1 N–H and O–H groups in total. The second-order valence-corrected chi connectivity index (χ2v) is 8.72. The Kier molecular flexibility index (Phi) is 5.06. The van der Waals surface area contributed by atoms with Gasteiger partial charge in [0.05, 0.1) is 17.2 Å². The number of hydrogen-bond acceptors (Lipinski definition) is 6. The van der Waals surface area contributed by atoms with Gasteiger partial charge in [0.2, 0.25) is 0 Å². The zero-order chi connectivity index (χ0) is 18.9. The van der Waals surface area contributed by atoms with Crippen LogP contribution in [0, 0.1) is 20.8 Å². The number of nitrogens with zero attached hydrogens (tertiary/aromatic N) is 1. The van der Waals surface area contributed by atoms with Gasteiger partial charge >= 0.3 is 0 Å². The summed E-state index contributed by atoms with van der Waals surface area (Å²) in [6.45, 7) is 7.99. The fraction of sp³-hybridized carbons (Fsp3) is 0.278. The molecule has 3 aromatic rings. The second kappa shape index (κ2) is 7.13. The number of hydrogen-bond donors (Lipinski definition) is 1. The number of nitrogens with one attached hydrogen (secondary N) is 1. The number of ether oxygens (including phenoxy) is 1. The smallest absolute Gasteiger partial charge is 0.263 e. The van der Waals surface area contributed by atoms with Gasteiger partial charge in [-0.1, -0.05) is 5.16 Å². The van der Waals surface area contributed by atoms with Crippen molar-refractivity contribution in [2.24, 2.45) is 0 Å². The van der Waals surface area contributed by atoms with E-state index in [-0.39, 0.29) is 4.90 Å². The van der Waals surface area contributed by atoms with Crippen molar-refractivity contribution >= 4 is 27.0 Å². The van der Waals surface area contributed by atoms with Gasteiger partial charge in [0, 0.05) is 16.1 Å². The molecule has 0 aliphatic carbocycles. The third-order valence-electron chi connectivity index (χ3n) is 3.96. The summed E-state index contributed by atoms with van der Waals surface area (Å²) < 4.78 is 38.9. The van der Waals surface area contributed by atoms with E-state index in [9.17, 15) is 8.42 Å². The lowest BCUT2D eigenvalue weighted by Crippen LogP contribution is -2.13. The van der Waals surface area contributed by atoms with E-state index in [4.69, 9.17) is 9.26 Å². The summed E-state index contributed by atoms with van der Waals surface area (Å²) in [5, 5.41) is 3.94. The monoisotopic (exact) mass is 392 g/mol. The molecule has 6 nitrogen and oxygen atoms in total. The Balaban J connectivity index is 1.89. The van der Waals surface area contributed by atoms with Gasteiger partial charge < -0.3 is 9.26 Å². The second-order valence-electron chi connectivity index (χ2n) is 5.82. The molecule has 0 aliphatic rings. The van der Waals surface area contributed by atoms with Gasteiger partial charge in [-0.2, -0.15) is 0 Å². The minimum absolute atomic E-state index is 0.236. The lowest BCUT2D eigenvalue weighted by atomic mass is 10.2. The molecule has 0 unspecified atom stereocenters. The summed E-state index contributed by atoms with van der Waals surface area (Å²) in [5.74, 6) is 1.30. The first-order valence-electron chi connectivity index (χ1n) is 8.11. The lowest BCUT2D eigenvalue weighted by molar-refractivity contribution is 0.340. The number of thiophene rings is 1. The number of aromatic nitrogens is 1. The van der Waals surface area contributed by atoms with Gasteiger partial charge in [0.25, 0.3) is 10.0 Å². The van der Waals surface area contributed by atoms with Crippen LogP contribution in [0.1, 0.15) is 23.1 Å². The molecule has 2 aromatic heterocycles. The zero-order valence-corrected chi connectivity index (χ0v) is 16.6. The number of sulfonamides is 1. The molecule has 26 heavy (non-hydrogen) atoms. The van der Waals surface area contributed by atoms with Crippen molar-refractivity contribution in [3.63, 3.8) is 0 Å². The Bertz CT molecular complexity index is 1020. The van der Waals surface area contributed by atoms with Gasteiger partial charge in [0.15, 0.2) is 5.76 Å². The van der Waals surface area contributed by atoms with Crippen LogP contribution in [0.5, 0.6) is 5.75 Å². The Hall–Kier alpha value is -2.32. The summed E-state index contributed by atoms with van der Waals surface area (Å²) in [6, 6.07) is 8.44. The van der Waals surface area contributed by atoms with E-state index in [1.807, 2.05) is 20.8 Å². The predicted octanol–water partition coefficient (Wildman–Crippen LogP) is 4.53. The van der Waals surface area contributed by atoms with Crippen molar-refractivity contribution in [2.75, 3.05) is 11.3 Å². The van der Waals surface area contributed by atoms with E-state index < -0.39 is 10.0 Å². The van der Waals surface area contributed by atoms with Gasteiger partial charge in [-0.3, -0.25) is 4.72 Å². The van der Waals surface area contributed by atoms with Crippen molar-refractivity contribution in [1.29, 1.82) is 0 Å². The standard InChI is InChI=1S/C18H20N2O4S2/c1-5-23-15-8-6-14(7-9-15)20-26(21,22)17-10-16(25-13(17)4)18-11(2)12(3)19-24-18/h6-10,20H,5H2,1-4H3. The number of anilines is 1. The highest BCUT2D eigenvalue weighted by atomic mass is 32.2. The molecule has 138 valence electrons. The summed E-state index contributed by atoms with van der Waals surface area (Å²) in [5.41, 5.74) is 2.19. The highest BCUT2D eigenvalue weighted by molar-refractivity contribution is 7.93. The molecule has 8 heteroatoms. The molecule has 0 bridgehead atoms. The average Bonchev–Trinajstić information content (AvgIpc) is 3.13. The molecule has 0 atom stereocenters. The molecule has 0 saturated heterocycles. The van der Waals surface area contributed by atoms with Crippen molar-refractivity contribution in [2.45, 2.75) is 32.6 Å². The first-order chi connectivity index (χ1) is 12.3. The maximum atomic E-state index is 12.8. The number of rotatable bonds is 6. The first kappa shape index (κ1) is 18.5. The molecule has 0 amide bonds. The molecule has 3 rings (SSSR count). The lowest BCUT2D eigenvalue weighted by Gasteiger charge is -2.08. The normalized spacial score (nSPS) is 11.5. The fourth-order valence-electron chi connectivity index (χ4n) is 2.49. The van der Waals surface area contributed by atoms with Crippen molar-refractivity contribution in [1.82, 2.24) is 5.16 Å². The van der Waals surface area contributed by atoms with Crippen molar-refractivity contribution < 1.29 is 17.7 Å². The largest absolute Gasteiger partial charge is 0.494 e. The summed E-state index contributed by atoms with van der Waals surface area (Å²) in [7, 11) is -3.70. The molecule has 0 fully saturated rings. The predicted molar refractivity (Wildman–Crippen MR) is 102 cm³/mol. The van der Waals surface area contributed by atoms with Crippen LogP contribution in [0.3, 0.4) is 0 Å². The van der Waals surface area contributed by atoms with Crippen LogP contribution >= 0.6 is 11.3 Å². The van der Waals surface area contributed by atoms with Crippen LogP contribution in [0.2, 0.25) is 0 Å². The van der Waals surface area contributed by atoms with E-state index in [0.29, 0.717) is 28.7 Å². The van der Waals surface area contributed by atoms with Gasteiger partial charge in [-0.15, -0.1) is 11.3 Å². The zero-order valence-electron chi connectivity index (χ0n) is 15.0. The minimum atomic E-state index is -3.70. The van der Waals surface area contributed by atoms with Crippen LogP contribution in [0.15, 0.2) is 39.8 Å². The van der Waals surface area contributed by atoms with E-state index in [1.54, 1.807) is 37.3 Å². The molecular formula is C18H20N2O4S2. The van der Waals surface area contributed by atoms with Crippen LogP contribution in [0.4, 0.5) is 5.69 Å². The molecule has 0 spiro atoms. The van der Waals surface area contributed by atoms with Crippen LogP contribution in [-0.2, 0) is 10.0 Å². The van der Waals surface area contributed by atoms with Gasteiger partial charge in [-0.25, -0.2) is 8.42 Å². The number of benzene rings is 1. The van der Waals surface area contributed by atoms with Crippen LogP contribution in [-0.4, -0.2) is 20.2 Å². The Morgan fingerprint density at radius 2 is 1.88 bits per heavy atom. The average molecular weight is 393 g/mol. The quantitative estimate of drug-likeness (QED) is 0.667. The third kappa shape index (κ3) is 3.61. The number of aryl methyl sites for hydroxylation is 2. The first-order valence-corrected chi connectivity index (χ1v) is 10.4. The Labute approximate surface area is 156 Å². The van der Waals surface area contributed by atoms with Crippen LogP contribution < -0.4 is 9.46 Å². The molecule has 0 saturated carbocycles. The molecule has 2 heterocycles. The highest BCUT2D eigenvalue weighted by Gasteiger charge is 2.23. The van der Waals surface area contributed by atoms with E-state index >= 15 is 0 Å². The summed E-state index contributed by atoms with van der Waals surface area (Å²) in [6.07, 6.45) is 0. The topological polar surface area (TPSA) is 81.4 Å². The Morgan fingerprint density at radius 3 is 2.46 bits per heavy atom. The van der Waals surface area contributed by atoms with Gasteiger partial charge in [0.1, 0.15) is 10.6 Å².